The van der Waals surface area contributed by atoms with Gasteiger partial charge in [0, 0.05) is 5.02 Å². The molecule has 1 amide bonds. The average molecular weight is 301 g/mol. The minimum atomic E-state index is -0.330. The van der Waals surface area contributed by atoms with Crippen molar-refractivity contribution in [2.45, 2.75) is 20.3 Å². The van der Waals surface area contributed by atoms with Crippen molar-refractivity contribution in [2.75, 3.05) is 5.32 Å². The number of hydrogen-bond donors (Lipinski definition) is 1. The summed E-state index contributed by atoms with van der Waals surface area (Å²) in [5.41, 5.74) is 2.45. The number of anilines is 1. The van der Waals surface area contributed by atoms with Crippen LogP contribution in [0.1, 0.15) is 34.2 Å². The molecule has 0 radical (unpaired) electrons. The van der Waals surface area contributed by atoms with Crippen LogP contribution in [0, 0.1) is 18.3 Å². The average Bonchev–Trinajstić information content (AvgIpc) is 2.47. The molecule has 0 aliphatic heterocycles. The SMILES string of the molecule is CCc1nnc(C)cc1C(=O)Nc1cc(Cl)ccc1C#N. The number of halogens is 1. The van der Waals surface area contributed by atoms with Gasteiger partial charge in [0.2, 0.25) is 0 Å². The van der Waals surface area contributed by atoms with Crippen LogP contribution >= 0.6 is 11.6 Å². The van der Waals surface area contributed by atoms with E-state index in [1.54, 1.807) is 31.2 Å². The molecule has 0 spiro atoms. The molecule has 0 saturated heterocycles. The summed E-state index contributed by atoms with van der Waals surface area (Å²) in [4.78, 5) is 12.4. The molecule has 0 saturated carbocycles. The molecule has 1 heterocycles. The summed E-state index contributed by atoms with van der Waals surface area (Å²) in [6.07, 6.45) is 0.594. The Morgan fingerprint density at radius 1 is 1.38 bits per heavy atom. The van der Waals surface area contributed by atoms with Gasteiger partial charge in [0.1, 0.15) is 6.07 Å². The minimum absolute atomic E-state index is 0.330. The van der Waals surface area contributed by atoms with E-state index in [4.69, 9.17) is 16.9 Å². The number of amides is 1. The van der Waals surface area contributed by atoms with E-state index in [1.165, 1.54) is 0 Å². The van der Waals surface area contributed by atoms with Gasteiger partial charge in [-0.25, -0.2) is 0 Å². The Morgan fingerprint density at radius 3 is 2.81 bits per heavy atom. The molecule has 0 aliphatic carbocycles. The van der Waals surface area contributed by atoms with E-state index in [0.717, 1.165) is 0 Å². The van der Waals surface area contributed by atoms with Crippen molar-refractivity contribution in [1.29, 1.82) is 5.26 Å². The minimum Gasteiger partial charge on any atom is -0.321 e. The molecule has 5 nitrogen and oxygen atoms in total. The van der Waals surface area contributed by atoms with Crippen molar-refractivity contribution in [2.24, 2.45) is 0 Å². The van der Waals surface area contributed by atoms with Gasteiger partial charge in [-0.1, -0.05) is 18.5 Å². The van der Waals surface area contributed by atoms with Gasteiger partial charge in [-0.05, 0) is 37.6 Å². The van der Waals surface area contributed by atoms with E-state index in [2.05, 4.69) is 15.5 Å². The van der Waals surface area contributed by atoms with Crippen molar-refractivity contribution < 1.29 is 4.79 Å². The summed E-state index contributed by atoms with van der Waals surface area (Å²) in [5.74, 6) is -0.330. The van der Waals surface area contributed by atoms with Gasteiger partial charge in [-0.15, -0.1) is 0 Å². The van der Waals surface area contributed by atoms with Crippen LogP contribution in [-0.4, -0.2) is 16.1 Å². The molecular formula is C15H13ClN4O. The first kappa shape index (κ1) is 14.9. The summed E-state index contributed by atoms with van der Waals surface area (Å²) >= 11 is 5.90. The first-order valence-corrected chi connectivity index (χ1v) is 6.77. The van der Waals surface area contributed by atoms with Crippen LogP contribution in [0.4, 0.5) is 5.69 Å². The van der Waals surface area contributed by atoms with Gasteiger partial charge < -0.3 is 5.32 Å². The molecule has 2 rings (SSSR count). The highest BCUT2D eigenvalue weighted by molar-refractivity contribution is 6.31. The Morgan fingerprint density at radius 2 is 2.14 bits per heavy atom. The largest absolute Gasteiger partial charge is 0.321 e. The molecule has 1 aromatic carbocycles. The number of nitrogens with one attached hydrogen (secondary N) is 1. The lowest BCUT2D eigenvalue weighted by molar-refractivity contribution is 0.102. The van der Waals surface area contributed by atoms with Crippen molar-refractivity contribution in [1.82, 2.24) is 10.2 Å². The van der Waals surface area contributed by atoms with Crippen LogP contribution in [0.25, 0.3) is 0 Å². The van der Waals surface area contributed by atoms with E-state index in [9.17, 15) is 4.79 Å². The van der Waals surface area contributed by atoms with Crippen LogP contribution < -0.4 is 5.32 Å². The topological polar surface area (TPSA) is 78.7 Å². The van der Waals surface area contributed by atoms with E-state index in [0.29, 0.717) is 39.6 Å². The Hall–Kier alpha value is -2.45. The summed E-state index contributed by atoms with van der Waals surface area (Å²) in [7, 11) is 0. The smallest absolute Gasteiger partial charge is 0.257 e. The maximum Gasteiger partial charge on any atom is 0.257 e. The number of aromatic nitrogens is 2. The zero-order chi connectivity index (χ0) is 15.4. The lowest BCUT2D eigenvalue weighted by Gasteiger charge is -2.10. The third-order valence-corrected chi connectivity index (χ3v) is 3.16. The quantitative estimate of drug-likeness (QED) is 0.944. The number of nitrogens with zero attached hydrogens (tertiary/aromatic N) is 3. The van der Waals surface area contributed by atoms with Crippen LogP contribution in [-0.2, 0) is 6.42 Å². The van der Waals surface area contributed by atoms with Gasteiger partial charge in [0.15, 0.2) is 0 Å². The second-order valence-corrected chi connectivity index (χ2v) is 4.89. The molecule has 1 aromatic heterocycles. The summed E-state index contributed by atoms with van der Waals surface area (Å²) < 4.78 is 0. The van der Waals surface area contributed by atoms with Crippen LogP contribution in [0.15, 0.2) is 24.3 Å². The predicted octanol–water partition coefficient (Wildman–Crippen LogP) is 3.12. The number of benzene rings is 1. The first-order chi connectivity index (χ1) is 10.0. The molecule has 0 atom stereocenters. The Balaban J connectivity index is 2.37. The standard InChI is InChI=1S/C15H13ClN4O/c1-3-13-12(6-9(2)19-20-13)15(21)18-14-7-11(16)5-4-10(14)8-17/h4-7H,3H2,1-2H3,(H,18,21). The molecule has 106 valence electrons. The van der Waals surface area contributed by atoms with Gasteiger partial charge in [-0.3, -0.25) is 4.79 Å². The number of carbonyl (C=O) groups excluding carboxylic acids is 1. The Bertz CT molecular complexity index is 737. The van der Waals surface area contributed by atoms with Crippen molar-refractivity contribution in [3.8, 4) is 6.07 Å². The summed E-state index contributed by atoms with van der Waals surface area (Å²) in [6, 6.07) is 8.41. The second kappa shape index (κ2) is 6.33. The summed E-state index contributed by atoms with van der Waals surface area (Å²) in [6.45, 7) is 3.67. The Kier molecular flexibility index (Phi) is 4.51. The zero-order valence-electron chi connectivity index (χ0n) is 11.6. The molecule has 2 aromatic rings. The molecule has 1 N–H and O–H groups in total. The van der Waals surface area contributed by atoms with E-state index in [1.807, 2.05) is 13.0 Å². The highest BCUT2D eigenvalue weighted by Gasteiger charge is 2.15. The summed E-state index contributed by atoms with van der Waals surface area (Å²) in [5, 5.41) is 20.2. The molecule has 21 heavy (non-hydrogen) atoms. The lowest BCUT2D eigenvalue weighted by Crippen LogP contribution is -2.17. The maximum absolute atomic E-state index is 12.4. The van der Waals surface area contributed by atoms with E-state index in [-0.39, 0.29) is 5.91 Å². The molecular weight excluding hydrogens is 288 g/mol. The number of hydrogen-bond acceptors (Lipinski definition) is 4. The Labute approximate surface area is 127 Å². The number of rotatable bonds is 3. The van der Waals surface area contributed by atoms with E-state index >= 15 is 0 Å². The zero-order valence-corrected chi connectivity index (χ0v) is 12.4. The molecule has 0 fully saturated rings. The molecule has 0 bridgehead atoms. The van der Waals surface area contributed by atoms with Crippen LogP contribution in [0.5, 0.6) is 0 Å². The van der Waals surface area contributed by atoms with Gasteiger partial charge >= 0.3 is 0 Å². The highest BCUT2D eigenvalue weighted by Crippen LogP contribution is 2.21. The van der Waals surface area contributed by atoms with Gasteiger partial charge in [0.05, 0.1) is 28.2 Å². The predicted molar refractivity (Wildman–Crippen MR) is 80.3 cm³/mol. The normalized spacial score (nSPS) is 10.0. The fourth-order valence-electron chi connectivity index (χ4n) is 1.88. The third-order valence-electron chi connectivity index (χ3n) is 2.92. The number of nitriles is 1. The fourth-order valence-corrected chi connectivity index (χ4v) is 2.05. The van der Waals surface area contributed by atoms with Crippen LogP contribution in [0.3, 0.4) is 0 Å². The molecule has 0 aliphatic rings. The highest BCUT2D eigenvalue weighted by atomic mass is 35.5. The second-order valence-electron chi connectivity index (χ2n) is 4.46. The van der Waals surface area contributed by atoms with Gasteiger partial charge in [0.25, 0.3) is 5.91 Å². The van der Waals surface area contributed by atoms with Crippen molar-refractivity contribution in [3.63, 3.8) is 0 Å². The fraction of sp³-hybridized carbons (Fsp3) is 0.200. The third kappa shape index (κ3) is 3.36. The molecule has 0 unspecified atom stereocenters. The number of carbonyl (C=O) groups is 1. The first-order valence-electron chi connectivity index (χ1n) is 6.39. The maximum atomic E-state index is 12.4. The van der Waals surface area contributed by atoms with Crippen molar-refractivity contribution in [3.05, 3.63) is 51.8 Å². The lowest BCUT2D eigenvalue weighted by atomic mass is 10.1. The van der Waals surface area contributed by atoms with Crippen LogP contribution in [0.2, 0.25) is 5.02 Å². The number of aryl methyl sites for hydroxylation is 2. The van der Waals surface area contributed by atoms with Crippen molar-refractivity contribution >= 4 is 23.2 Å². The van der Waals surface area contributed by atoms with Gasteiger partial charge in [-0.2, -0.15) is 15.5 Å². The molecule has 6 heteroatoms. The van der Waals surface area contributed by atoms with E-state index < -0.39 is 0 Å². The monoisotopic (exact) mass is 300 g/mol.